The van der Waals surface area contributed by atoms with E-state index in [4.69, 9.17) is 0 Å². The molecule has 2 saturated heterocycles. The molecule has 0 aliphatic carbocycles. The van der Waals surface area contributed by atoms with Crippen molar-refractivity contribution in [2.75, 3.05) is 37.6 Å². The molecule has 7 heteroatoms. The fourth-order valence-electron chi connectivity index (χ4n) is 6.17. The number of halogens is 1. The van der Waals surface area contributed by atoms with Crippen molar-refractivity contribution in [1.29, 1.82) is 0 Å². The van der Waals surface area contributed by atoms with E-state index in [-0.39, 0.29) is 17.8 Å². The Bertz CT molecular complexity index is 1400. The van der Waals surface area contributed by atoms with Gasteiger partial charge in [-0.1, -0.05) is 12.1 Å². The molecule has 0 bridgehead atoms. The second-order valence-electron chi connectivity index (χ2n) is 10.4. The lowest BCUT2D eigenvalue weighted by Gasteiger charge is -2.23. The summed E-state index contributed by atoms with van der Waals surface area (Å²) in [7, 11) is 0. The molecule has 5 heterocycles. The molecule has 184 valence electrons. The maximum atomic E-state index is 13.5. The second-order valence-corrected chi connectivity index (χ2v) is 10.4. The van der Waals surface area contributed by atoms with Crippen molar-refractivity contribution >= 4 is 5.69 Å². The van der Waals surface area contributed by atoms with Gasteiger partial charge in [0.2, 0.25) is 0 Å². The Kier molecular flexibility index (Phi) is 5.22. The molecule has 7 rings (SSSR count). The van der Waals surface area contributed by atoms with Gasteiger partial charge in [-0.15, -0.1) is 0 Å². The standard InChI is InChI=1S/C29H30FN5O/c30-24-5-3-20(4-6-24)21-14-27-29-31-9-12-35(29)26-8-7-25(13-22(26)17-34(27)16-21)33-18-23(28(36)19-33)15-32-10-1-2-11-32/h3-9,12-14,16,23,28,36H,1-2,10-11,15,17-19H2/t23-,28-/m1/s1. The van der Waals surface area contributed by atoms with E-state index in [9.17, 15) is 9.50 Å². The van der Waals surface area contributed by atoms with Crippen LogP contribution in [0.5, 0.6) is 0 Å². The third-order valence-electron chi connectivity index (χ3n) is 8.07. The SMILES string of the molecule is O[C@@H]1CN(c2ccc3c(c2)Cn2cc(-c4ccc(F)cc4)cc2-c2nccn2-3)C[C@H]1CN1CCCC1. The number of imidazole rings is 1. The van der Waals surface area contributed by atoms with Crippen LogP contribution < -0.4 is 4.90 Å². The maximum Gasteiger partial charge on any atom is 0.161 e. The third-order valence-corrected chi connectivity index (χ3v) is 8.07. The summed E-state index contributed by atoms with van der Waals surface area (Å²) in [4.78, 5) is 9.52. The normalized spacial score (nSPS) is 21.3. The molecule has 36 heavy (non-hydrogen) atoms. The number of hydrogen-bond donors (Lipinski definition) is 1. The van der Waals surface area contributed by atoms with E-state index in [0.29, 0.717) is 6.54 Å². The number of benzene rings is 2. The summed E-state index contributed by atoms with van der Waals surface area (Å²) in [6.45, 7) is 5.59. The van der Waals surface area contributed by atoms with Gasteiger partial charge in [-0.05, 0) is 73.5 Å². The van der Waals surface area contributed by atoms with Gasteiger partial charge in [-0.25, -0.2) is 9.37 Å². The topological polar surface area (TPSA) is 49.5 Å². The number of aromatic nitrogens is 3. The summed E-state index contributed by atoms with van der Waals surface area (Å²) in [6, 6.07) is 15.4. The highest BCUT2D eigenvalue weighted by molar-refractivity contribution is 5.72. The number of aliphatic hydroxyl groups is 1. The predicted molar refractivity (Wildman–Crippen MR) is 139 cm³/mol. The molecule has 0 radical (unpaired) electrons. The van der Waals surface area contributed by atoms with Crippen molar-refractivity contribution in [2.45, 2.75) is 25.5 Å². The first-order valence-corrected chi connectivity index (χ1v) is 12.9. The number of nitrogens with zero attached hydrogens (tertiary/aromatic N) is 5. The fraction of sp³-hybridized carbons (Fsp3) is 0.345. The summed E-state index contributed by atoms with van der Waals surface area (Å²) >= 11 is 0. The quantitative estimate of drug-likeness (QED) is 0.412. The molecule has 2 aromatic heterocycles. The van der Waals surface area contributed by atoms with Gasteiger partial charge >= 0.3 is 0 Å². The minimum Gasteiger partial charge on any atom is -0.391 e. The molecule has 2 atom stereocenters. The first-order valence-electron chi connectivity index (χ1n) is 12.9. The van der Waals surface area contributed by atoms with Gasteiger partial charge in [-0.2, -0.15) is 0 Å². The second kappa shape index (κ2) is 8.61. The maximum absolute atomic E-state index is 13.5. The van der Waals surface area contributed by atoms with Crippen LogP contribution in [0.4, 0.5) is 10.1 Å². The lowest BCUT2D eigenvalue weighted by Crippen LogP contribution is -2.32. The van der Waals surface area contributed by atoms with E-state index in [0.717, 1.165) is 66.7 Å². The smallest absolute Gasteiger partial charge is 0.161 e. The Morgan fingerprint density at radius 1 is 0.972 bits per heavy atom. The number of anilines is 1. The number of rotatable bonds is 4. The monoisotopic (exact) mass is 483 g/mol. The zero-order chi connectivity index (χ0) is 24.2. The Balaban J connectivity index is 1.21. The summed E-state index contributed by atoms with van der Waals surface area (Å²) in [5.41, 5.74) is 6.58. The van der Waals surface area contributed by atoms with Gasteiger partial charge in [0.05, 0.1) is 17.5 Å². The van der Waals surface area contributed by atoms with E-state index < -0.39 is 0 Å². The summed E-state index contributed by atoms with van der Waals surface area (Å²) in [5.74, 6) is 0.958. The van der Waals surface area contributed by atoms with E-state index >= 15 is 0 Å². The molecule has 2 fully saturated rings. The van der Waals surface area contributed by atoms with Crippen molar-refractivity contribution < 1.29 is 9.50 Å². The van der Waals surface area contributed by atoms with Gasteiger partial charge in [0.25, 0.3) is 0 Å². The van der Waals surface area contributed by atoms with Gasteiger partial charge < -0.3 is 19.5 Å². The highest BCUT2D eigenvalue weighted by Crippen LogP contribution is 2.36. The molecule has 1 N–H and O–H groups in total. The average molecular weight is 484 g/mol. The zero-order valence-corrected chi connectivity index (χ0v) is 20.2. The first-order chi connectivity index (χ1) is 17.6. The summed E-state index contributed by atoms with van der Waals surface area (Å²) in [5, 5.41) is 10.8. The van der Waals surface area contributed by atoms with Gasteiger partial charge in [-0.3, -0.25) is 4.57 Å². The molecule has 4 aromatic rings. The Morgan fingerprint density at radius 3 is 2.64 bits per heavy atom. The molecular weight excluding hydrogens is 453 g/mol. The average Bonchev–Trinajstić information content (AvgIpc) is 3.68. The highest BCUT2D eigenvalue weighted by Gasteiger charge is 2.33. The minimum absolute atomic E-state index is 0.230. The summed E-state index contributed by atoms with van der Waals surface area (Å²) in [6.07, 6.45) is 8.25. The van der Waals surface area contributed by atoms with Crippen LogP contribution >= 0.6 is 0 Å². The minimum atomic E-state index is -0.293. The molecule has 0 unspecified atom stereocenters. The van der Waals surface area contributed by atoms with Crippen LogP contribution in [0.15, 0.2) is 67.1 Å². The van der Waals surface area contributed by atoms with Crippen molar-refractivity contribution in [3.63, 3.8) is 0 Å². The Hall–Kier alpha value is -3.42. The Morgan fingerprint density at radius 2 is 1.81 bits per heavy atom. The van der Waals surface area contributed by atoms with Gasteiger partial charge in [0, 0.05) is 61.9 Å². The molecule has 0 saturated carbocycles. The molecule has 0 amide bonds. The number of fused-ring (bicyclic) bond motifs is 5. The predicted octanol–water partition coefficient (Wildman–Crippen LogP) is 4.40. The van der Waals surface area contributed by atoms with Crippen LogP contribution in [0.2, 0.25) is 0 Å². The van der Waals surface area contributed by atoms with Crippen LogP contribution in [-0.4, -0.2) is 63.0 Å². The van der Waals surface area contributed by atoms with E-state index in [1.807, 2.05) is 24.5 Å². The van der Waals surface area contributed by atoms with Crippen LogP contribution in [0, 0.1) is 11.7 Å². The van der Waals surface area contributed by atoms with Crippen molar-refractivity contribution in [3.8, 4) is 28.3 Å². The highest BCUT2D eigenvalue weighted by atomic mass is 19.1. The van der Waals surface area contributed by atoms with Crippen molar-refractivity contribution in [2.24, 2.45) is 5.92 Å². The van der Waals surface area contributed by atoms with Gasteiger partial charge in [0.1, 0.15) is 5.82 Å². The van der Waals surface area contributed by atoms with E-state index in [1.165, 1.54) is 30.5 Å². The Labute approximate surface area is 210 Å². The molecule has 6 nitrogen and oxygen atoms in total. The van der Waals surface area contributed by atoms with Crippen molar-refractivity contribution in [1.82, 2.24) is 19.0 Å². The largest absolute Gasteiger partial charge is 0.391 e. The van der Waals surface area contributed by atoms with Crippen LogP contribution in [0.25, 0.3) is 28.3 Å². The number of likely N-dealkylation sites (tertiary alicyclic amines) is 1. The number of β-amino-alcohol motifs (C(OH)–C–C–N with tert-alkyl or cyclic N) is 1. The number of hydrogen-bond acceptors (Lipinski definition) is 4. The number of aliphatic hydroxyl groups excluding tert-OH is 1. The van der Waals surface area contributed by atoms with Crippen LogP contribution in [-0.2, 0) is 6.54 Å². The van der Waals surface area contributed by atoms with Crippen LogP contribution in [0.3, 0.4) is 0 Å². The first kappa shape index (κ1) is 21.8. The lowest BCUT2D eigenvalue weighted by molar-refractivity contribution is 0.123. The molecule has 2 aromatic carbocycles. The molecular formula is C29H30FN5O. The molecule has 3 aliphatic rings. The van der Waals surface area contributed by atoms with Crippen molar-refractivity contribution in [3.05, 3.63) is 78.5 Å². The van der Waals surface area contributed by atoms with Gasteiger partial charge in [0.15, 0.2) is 5.82 Å². The molecule has 3 aliphatic heterocycles. The van der Waals surface area contributed by atoms with Crippen LogP contribution in [0.1, 0.15) is 18.4 Å². The van der Waals surface area contributed by atoms with E-state index in [2.05, 4.69) is 54.4 Å². The third kappa shape index (κ3) is 3.74. The van der Waals surface area contributed by atoms with E-state index in [1.54, 1.807) is 0 Å². The zero-order valence-electron chi connectivity index (χ0n) is 20.2. The molecule has 0 spiro atoms. The lowest BCUT2D eigenvalue weighted by atomic mass is 10.1. The fourth-order valence-corrected chi connectivity index (χ4v) is 6.17. The summed E-state index contributed by atoms with van der Waals surface area (Å²) < 4.78 is 17.9.